The van der Waals surface area contributed by atoms with E-state index in [1.54, 1.807) is 0 Å². The molecule has 0 saturated carbocycles. The summed E-state index contributed by atoms with van der Waals surface area (Å²) in [6, 6.07) is 12.3. The lowest BCUT2D eigenvalue weighted by Crippen LogP contribution is -1.85. The number of aryl methyl sites for hydroxylation is 2. The van der Waals surface area contributed by atoms with Gasteiger partial charge in [0.05, 0.1) is 20.6 Å². The van der Waals surface area contributed by atoms with Crippen LogP contribution in [0.5, 0.6) is 0 Å². The fourth-order valence-electron chi connectivity index (χ4n) is 2.15. The van der Waals surface area contributed by atoms with Crippen molar-refractivity contribution in [2.24, 2.45) is 0 Å². The molecule has 2 aromatic carbocycles. The van der Waals surface area contributed by atoms with Crippen LogP contribution in [0, 0.1) is 13.8 Å². The molecule has 0 radical (unpaired) electrons. The molecule has 0 unspecified atom stereocenters. The third kappa shape index (κ3) is 1.26. The molecule has 1 heterocycles. The molecule has 0 bridgehead atoms. The Kier molecular flexibility index (Phi) is 2.01. The van der Waals surface area contributed by atoms with Crippen molar-refractivity contribution in [3.63, 3.8) is 0 Å². The van der Waals surface area contributed by atoms with Crippen LogP contribution in [-0.2, 0) is 10.8 Å². The van der Waals surface area contributed by atoms with E-state index in [1.165, 1.54) is 11.1 Å². The van der Waals surface area contributed by atoms with Gasteiger partial charge in [0.1, 0.15) is 0 Å². The second-order valence-corrected chi connectivity index (χ2v) is 5.69. The van der Waals surface area contributed by atoms with Crippen LogP contribution >= 0.6 is 0 Å². The third-order valence-corrected chi connectivity index (χ3v) is 4.47. The van der Waals surface area contributed by atoms with Gasteiger partial charge in [0.2, 0.25) is 0 Å². The van der Waals surface area contributed by atoms with Gasteiger partial charge in [0.25, 0.3) is 0 Å². The summed E-state index contributed by atoms with van der Waals surface area (Å²) in [7, 11) is -0.989. The predicted molar refractivity (Wildman–Crippen MR) is 66.0 cm³/mol. The minimum Gasteiger partial charge on any atom is -0.249 e. The Morgan fingerprint density at radius 2 is 1.25 bits per heavy atom. The average Bonchev–Trinajstić information content (AvgIpc) is 2.52. The Bertz CT molecular complexity index is 561. The SMILES string of the molecule is Cc1ccc2c(c1)-c1cc(C)ccc1S2=O. The zero-order valence-electron chi connectivity index (χ0n) is 9.28. The molecule has 0 fully saturated rings. The second-order valence-electron chi connectivity index (χ2n) is 4.27. The van der Waals surface area contributed by atoms with Crippen LogP contribution in [0.3, 0.4) is 0 Å². The number of fused-ring (bicyclic) bond motifs is 3. The average molecular weight is 228 g/mol. The zero-order chi connectivity index (χ0) is 11.3. The summed E-state index contributed by atoms with van der Waals surface area (Å²) in [6.07, 6.45) is 0. The quantitative estimate of drug-likeness (QED) is 0.576. The van der Waals surface area contributed by atoms with Crippen LogP contribution in [0.25, 0.3) is 11.1 Å². The highest BCUT2D eigenvalue weighted by Crippen LogP contribution is 2.41. The Morgan fingerprint density at radius 1 is 0.812 bits per heavy atom. The molecule has 1 aliphatic heterocycles. The van der Waals surface area contributed by atoms with E-state index in [4.69, 9.17) is 0 Å². The first-order chi connectivity index (χ1) is 7.66. The minimum absolute atomic E-state index is 0.950. The highest BCUT2D eigenvalue weighted by molar-refractivity contribution is 7.85. The minimum atomic E-state index is -0.989. The molecule has 2 heteroatoms. The predicted octanol–water partition coefficient (Wildman–Crippen LogP) is 3.45. The molecule has 0 saturated heterocycles. The van der Waals surface area contributed by atoms with Crippen molar-refractivity contribution in [1.82, 2.24) is 0 Å². The van der Waals surface area contributed by atoms with Crippen molar-refractivity contribution in [1.29, 1.82) is 0 Å². The molecular formula is C14H12OS. The first kappa shape index (κ1) is 9.79. The lowest BCUT2D eigenvalue weighted by atomic mass is 10.0. The van der Waals surface area contributed by atoms with Gasteiger partial charge in [-0.25, -0.2) is 4.21 Å². The number of benzene rings is 2. The van der Waals surface area contributed by atoms with Crippen LogP contribution in [0.4, 0.5) is 0 Å². The summed E-state index contributed by atoms with van der Waals surface area (Å²) in [5, 5.41) is 0. The third-order valence-electron chi connectivity index (χ3n) is 2.96. The van der Waals surface area contributed by atoms with Gasteiger partial charge >= 0.3 is 0 Å². The lowest BCUT2D eigenvalue weighted by molar-refractivity contribution is 0.685. The second kappa shape index (κ2) is 3.29. The maximum Gasteiger partial charge on any atom is 0.0862 e. The highest BCUT2D eigenvalue weighted by Gasteiger charge is 2.25. The summed E-state index contributed by atoms with van der Waals surface area (Å²) >= 11 is 0. The molecule has 0 aliphatic carbocycles. The van der Waals surface area contributed by atoms with Gasteiger partial charge in [-0.15, -0.1) is 0 Å². The topological polar surface area (TPSA) is 17.1 Å². The van der Waals surface area contributed by atoms with Gasteiger partial charge in [0, 0.05) is 0 Å². The molecule has 0 atom stereocenters. The standard InChI is InChI=1S/C14H12OS/c1-9-3-5-13-11(7-9)12-8-10(2)4-6-14(12)16(13)15/h3-8H,1-2H3. The van der Waals surface area contributed by atoms with E-state index in [0.29, 0.717) is 0 Å². The summed E-state index contributed by atoms with van der Waals surface area (Å²) in [4.78, 5) is 1.90. The summed E-state index contributed by atoms with van der Waals surface area (Å²) in [6.45, 7) is 4.13. The monoisotopic (exact) mass is 228 g/mol. The first-order valence-electron chi connectivity index (χ1n) is 5.30. The van der Waals surface area contributed by atoms with E-state index < -0.39 is 10.8 Å². The van der Waals surface area contributed by atoms with E-state index in [9.17, 15) is 4.21 Å². The number of hydrogen-bond donors (Lipinski definition) is 0. The van der Waals surface area contributed by atoms with E-state index in [-0.39, 0.29) is 0 Å². The van der Waals surface area contributed by atoms with Crippen molar-refractivity contribution >= 4 is 10.8 Å². The van der Waals surface area contributed by atoms with Crippen molar-refractivity contribution in [2.45, 2.75) is 23.6 Å². The van der Waals surface area contributed by atoms with Crippen LogP contribution in [0.15, 0.2) is 46.2 Å². The summed E-state index contributed by atoms with van der Waals surface area (Å²) in [5.74, 6) is 0. The highest BCUT2D eigenvalue weighted by atomic mass is 32.2. The van der Waals surface area contributed by atoms with Crippen LogP contribution in [0.2, 0.25) is 0 Å². The van der Waals surface area contributed by atoms with Gasteiger partial charge in [0.15, 0.2) is 0 Å². The molecular weight excluding hydrogens is 216 g/mol. The van der Waals surface area contributed by atoms with Crippen LogP contribution < -0.4 is 0 Å². The molecule has 1 nitrogen and oxygen atoms in total. The van der Waals surface area contributed by atoms with E-state index in [0.717, 1.165) is 20.9 Å². The lowest BCUT2D eigenvalue weighted by Gasteiger charge is -2.01. The van der Waals surface area contributed by atoms with E-state index >= 15 is 0 Å². The van der Waals surface area contributed by atoms with Gasteiger partial charge in [-0.1, -0.05) is 35.4 Å². The normalized spacial score (nSPS) is 13.6. The summed E-state index contributed by atoms with van der Waals surface area (Å²) in [5.41, 5.74) is 4.70. The molecule has 80 valence electrons. The fraction of sp³-hybridized carbons (Fsp3) is 0.143. The molecule has 1 aliphatic rings. The zero-order valence-corrected chi connectivity index (χ0v) is 10.1. The maximum absolute atomic E-state index is 12.2. The van der Waals surface area contributed by atoms with Crippen molar-refractivity contribution in [3.05, 3.63) is 47.5 Å². The van der Waals surface area contributed by atoms with Gasteiger partial charge in [-0.05, 0) is 37.1 Å². The largest absolute Gasteiger partial charge is 0.249 e. The Hall–Kier alpha value is -1.41. The maximum atomic E-state index is 12.2. The number of rotatable bonds is 0. The summed E-state index contributed by atoms with van der Waals surface area (Å²) < 4.78 is 12.2. The van der Waals surface area contributed by atoms with Crippen LogP contribution in [0.1, 0.15) is 11.1 Å². The van der Waals surface area contributed by atoms with Gasteiger partial charge in [-0.3, -0.25) is 0 Å². The first-order valence-corrected chi connectivity index (χ1v) is 6.45. The molecule has 0 spiro atoms. The van der Waals surface area contributed by atoms with E-state index in [2.05, 4.69) is 26.0 Å². The Labute approximate surface area is 97.6 Å². The molecule has 0 aromatic heterocycles. The van der Waals surface area contributed by atoms with Gasteiger partial charge in [-0.2, -0.15) is 0 Å². The van der Waals surface area contributed by atoms with Crippen molar-refractivity contribution in [3.8, 4) is 11.1 Å². The van der Waals surface area contributed by atoms with Crippen molar-refractivity contribution in [2.75, 3.05) is 0 Å². The molecule has 0 amide bonds. The fourth-order valence-corrected chi connectivity index (χ4v) is 3.51. The molecule has 3 rings (SSSR count). The molecule has 16 heavy (non-hydrogen) atoms. The Morgan fingerprint density at radius 3 is 1.69 bits per heavy atom. The smallest absolute Gasteiger partial charge is 0.0862 e. The molecule has 0 N–H and O–H groups in total. The van der Waals surface area contributed by atoms with Crippen molar-refractivity contribution < 1.29 is 4.21 Å². The molecule has 2 aromatic rings. The van der Waals surface area contributed by atoms with E-state index in [1.807, 2.05) is 24.3 Å². The van der Waals surface area contributed by atoms with Crippen LogP contribution in [-0.4, -0.2) is 4.21 Å². The van der Waals surface area contributed by atoms with Gasteiger partial charge < -0.3 is 0 Å². The Balaban J connectivity index is 2.37. The number of hydrogen-bond acceptors (Lipinski definition) is 1.